The van der Waals surface area contributed by atoms with E-state index in [1.165, 1.54) is 14.2 Å². The fourth-order valence-corrected chi connectivity index (χ4v) is 2.44. The molecule has 2 heterocycles. The number of carbonyl (C=O) groups excluding carboxylic acids is 2. The molecule has 0 atom stereocenters. The Hall–Kier alpha value is -2.87. The summed E-state index contributed by atoms with van der Waals surface area (Å²) in [6.45, 7) is 0.102. The number of esters is 2. The van der Waals surface area contributed by atoms with Crippen LogP contribution in [-0.4, -0.2) is 49.5 Å². The van der Waals surface area contributed by atoms with Crippen LogP contribution < -0.4 is 4.90 Å². The number of aromatic nitrogens is 2. The Morgan fingerprint density at radius 1 is 1.26 bits per heavy atom. The number of aromatic amines is 1. The van der Waals surface area contributed by atoms with Crippen LogP contribution in [0.2, 0.25) is 0 Å². The van der Waals surface area contributed by atoms with Gasteiger partial charge in [0.25, 0.3) is 0 Å². The zero-order valence-corrected chi connectivity index (χ0v) is 12.7. The van der Waals surface area contributed by atoms with Crippen LogP contribution in [0, 0.1) is 0 Å². The first-order valence-corrected chi connectivity index (χ1v) is 6.84. The number of methoxy groups -OCH3 is 2. The van der Waals surface area contributed by atoms with Crippen molar-refractivity contribution in [1.29, 1.82) is 0 Å². The van der Waals surface area contributed by atoms with E-state index in [0.717, 1.165) is 11.0 Å². The minimum atomic E-state index is -0.627. The molecular weight excluding hydrogens is 302 g/mol. The Labute approximate surface area is 131 Å². The molecule has 1 aromatic heterocycles. The average molecular weight is 317 g/mol. The number of hydrogen-bond acceptors (Lipinski definition) is 7. The van der Waals surface area contributed by atoms with Crippen molar-refractivity contribution >= 4 is 28.7 Å². The van der Waals surface area contributed by atoms with Crippen LogP contribution in [0.25, 0.3) is 11.0 Å². The number of nitrogens with one attached hydrogen (secondary N) is 1. The number of hydrogen-bond donors (Lipinski definition) is 1. The second-order valence-corrected chi connectivity index (χ2v) is 4.82. The highest BCUT2D eigenvalue weighted by molar-refractivity contribution is 6.03. The van der Waals surface area contributed by atoms with Crippen molar-refractivity contribution in [2.24, 2.45) is 0 Å². The molecule has 0 fully saturated rings. The van der Waals surface area contributed by atoms with E-state index < -0.39 is 11.9 Å². The SMILES string of the molecule is COC(=O)C1=C(C(=O)OC)N(c2ccc3nc[nH]c3c2)COC1. The number of carbonyl (C=O) groups is 2. The van der Waals surface area contributed by atoms with Gasteiger partial charge >= 0.3 is 11.9 Å². The summed E-state index contributed by atoms with van der Waals surface area (Å²) in [5, 5.41) is 0. The summed E-state index contributed by atoms with van der Waals surface area (Å²) in [4.78, 5) is 32.8. The normalized spacial score (nSPS) is 15.0. The van der Waals surface area contributed by atoms with E-state index in [0.29, 0.717) is 5.69 Å². The molecule has 1 N–H and O–H groups in total. The first kappa shape index (κ1) is 15.0. The summed E-state index contributed by atoms with van der Waals surface area (Å²) in [5.41, 5.74) is 2.50. The number of ether oxygens (including phenoxy) is 3. The standard InChI is InChI=1S/C15H15N3O5/c1-21-14(19)10-6-23-8-18(13(10)15(20)22-2)9-3-4-11-12(5-9)17-7-16-11/h3-5,7H,6,8H2,1-2H3,(H,16,17). The fourth-order valence-electron chi connectivity index (χ4n) is 2.44. The smallest absolute Gasteiger partial charge is 0.355 e. The van der Waals surface area contributed by atoms with Crippen molar-refractivity contribution in [3.8, 4) is 0 Å². The van der Waals surface area contributed by atoms with Crippen LogP contribution >= 0.6 is 0 Å². The number of benzene rings is 1. The highest BCUT2D eigenvalue weighted by Gasteiger charge is 2.32. The van der Waals surface area contributed by atoms with Gasteiger partial charge in [0.15, 0.2) is 0 Å². The Morgan fingerprint density at radius 3 is 2.78 bits per heavy atom. The van der Waals surface area contributed by atoms with E-state index >= 15 is 0 Å². The first-order chi connectivity index (χ1) is 11.2. The Morgan fingerprint density at radius 2 is 2.04 bits per heavy atom. The maximum absolute atomic E-state index is 12.2. The lowest BCUT2D eigenvalue weighted by atomic mass is 10.1. The number of nitrogens with zero attached hydrogens (tertiary/aromatic N) is 2. The summed E-state index contributed by atoms with van der Waals surface area (Å²) < 4.78 is 15.0. The van der Waals surface area contributed by atoms with E-state index in [-0.39, 0.29) is 24.6 Å². The van der Waals surface area contributed by atoms with E-state index in [2.05, 4.69) is 9.97 Å². The molecule has 1 aliphatic heterocycles. The number of imidazole rings is 1. The quantitative estimate of drug-likeness (QED) is 0.843. The van der Waals surface area contributed by atoms with Crippen molar-refractivity contribution in [3.05, 3.63) is 35.8 Å². The Bertz CT molecular complexity index is 795. The van der Waals surface area contributed by atoms with Crippen LogP contribution in [0.5, 0.6) is 0 Å². The third-order valence-corrected chi connectivity index (χ3v) is 3.55. The second kappa shape index (κ2) is 6.09. The van der Waals surface area contributed by atoms with Gasteiger partial charge in [0, 0.05) is 5.69 Å². The highest BCUT2D eigenvalue weighted by atomic mass is 16.5. The number of anilines is 1. The molecule has 1 aliphatic rings. The highest BCUT2D eigenvalue weighted by Crippen LogP contribution is 2.28. The van der Waals surface area contributed by atoms with Crippen molar-refractivity contribution in [3.63, 3.8) is 0 Å². The van der Waals surface area contributed by atoms with Gasteiger partial charge in [-0.05, 0) is 18.2 Å². The largest absolute Gasteiger partial charge is 0.466 e. The molecule has 0 saturated heterocycles. The van der Waals surface area contributed by atoms with Crippen LogP contribution in [-0.2, 0) is 23.8 Å². The maximum atomic E-state index is 12.2. The van der Waals surface area contributed by atoms with Gasteiger partial charge in [-0.3, -0.25) is 0 Å². The van der Waals surface area contributed by atoms with Gasteiger partial charge in [-0.15, -0.1) is 0 Å². The molecule has 2 aromatic rings. The van der Waals surface area contributed by atoms with E-state index in [4.69, 9.17) is 14.2 Å². The Balaban J connectivity index is 2.11. The third-order valence-electron chi connectivity index (χ3n) is 3.55. The third kappa shape index (κ3) is 2.64. The number of fused-ring (bicyclic) bond motifs is 1. The second-order valence-electron chi connectivity index (χ2n) is 4.82. The first-order valence-electron chi connectivity index (χ1n) is 6.84. The predicted molar refractivity (Wildman–Crippen MR) is 80.4 cm³/mol. The topological polar surface area (TPSA) is 93.8 Å². The minimum Gasteiger partial charge on any atom is -0.466 e. The number of rotatable bonds is 3. The fraction of sp³-hybridized carbons (Fsp3) is 0.267. The average Bonchev–Trinajstić information content (AvgIpc) is 3.07. The molecule has 0 amide bonds. The lowest BCUT2D eigenvalue weighted by molar-refractivity contribution is -0.140. The van der Waals surface area contributed by atoms with Gasteiger partial charge in [-0.25, -0.2) is 14.6 Å². The van der Waals surface area contributed by atoms with Crippen LogP contribution in [0.3, 0.4) is 0 Å². The van der Waals surface area contributed by atoms with Gasteiger partial charge in [0.05, 0.1) is 43.8 Å². The monoisotopic (exact) mass is 317 g/mol. The van der Waals surface area contributed by atoms with Crippen LogP contribution in [0.1, 0.15) is 0 Å². The predicted octanol–water partition coefficient (Wildman–Crippen LogP) is 0.957. The molecule has 120 valence electrons. The van der Waals surface area contributed by atoms with E-state index in [9.17, 15) is 9.59 Å². The summed E-state index contributed by atoms with van der Waals surface area (Å²) in [6, 6.07) is 5.41. The molecule has 0 unspecified atom stereocenters. The van der Waals surface area contributed by atoms with Gasteiger partial charge in [0.1, 0.15) is 12.4 Å². The summed E-state index contributed by atoms with van der Waals surface area (Å²) >= 11 is 0. The van der Waals surface area contributed by atoms with Gasteiger partial charge < -0.3 is 24.1 Å². The Kier molecular flexibility index (Phi) is 3.98. The zero-order valence-electron chi connectivity index (χ0n) is 12.7. The van der Waals surface area contributed by atoms with E-state index in [1.54, 1.807) is 17.3 Å². The van der Waals surface area contributed by atoms with Crippen molar-refractivity contribution < 1.29 is 23.8 Å². The van der Waals surface area contributed by atoms with Gasteiger partial charge in [-0.2, -0.15) is 0 Å². The molecule has 0 spiro atoms. The molecule has 3 rings (SSSR count). The molecule has 23 heavy (non-hydrogen) atoms. The summed E-state index contributed by atoms with van der Waals surface area (Å²) in [5.74, 6) is -1.25. The summed E-state index contributed by atoms with van der Waals surface area (Å²) in [6.07, 6.45) is 1.58. The van der Waals surface area contributed by atoms with Crippen molar-refractivity contribution in [2.75, 3.05) is 32.5 Å². The lowest BCUT2D eigenvalue weighted by Gasteiger charge is -2.31. The van der Waals surface area contributed by atoms with Crippen LogP contribution in [0.4, 0.5) is 5.69 Å². The molecule has 0 radical (unpaired) electrons. The van der Waals surface area contributed by atoms with Crippen molar-refractivity contribution in [1.82, 2.24) is 9.97 Å². The molecular formula is C15H15N3O5. The van der Waals surface area contributed by atoms with Crippen molar-refractivity contribution in [2.45, 2.75) is 0 Å². The lowest BCUT2D eigenvalue weighted by Crippen LogP contribution is -2.38. The van der Waals surface area contributed by atoms with Crippen LogP contribution in [0.15, 0.2) is 35.8 Å². The number of H-pyrrole nitrogens is 1. The summed E-state index contributed by atoms with van der Waals surface area (Å²) in [7, 11) is 2.51. The zero-order chi connectivity index (χ0) is 16.4. The molecule has 0 bridgehead atoms. The molecule has 8 nitrogen and oxygen atoms in total. The molecule has 0 aliphatic carbocycles. The molecule has 8 heteroatoms. The van der Waals surface area contributed by atoms with Gasteiger partial charge in [0.2, 0.25) is 0 Å². The molecule has 0 saturated carbocycles. The van der Waals surface area contributed by atoms with Gasteiger partial charge in [-0.1, -0.05) is 0 Å². The van der Waals surface area contributed by atoms with E-state index in [1.807, 2.05) is 12.1 Å². The minimum absolute atomic E-state index is 0.0140. The maximum Gasteiger partial charge on any atom is 0.355 e. The molecule has 1 aromatic carbocycles.